The molecule has 0 aliphatic carbocycles. The molecule has 6 rings (SSSR count). The van der Waals surface area contributed by atoms with E-state index in [0.717, 1.165) is 11.1 Å². The van der Waals surface area contributed by atoms with Crippen LogP contribution in [0.15, 0.2) is 78.8 Å². The maximum absolute atomic E-state index is 13.5. The highest BCUT2D eigenvalue weighted by molar-refractivity contribution is 6.15. The number of allylic oxidation sites excluding steroid dienone is 1. The molecule has 1 aromatic heterocycles. The van der Waals surface area contributed by atoms with E-state index in [9.17, 15) is 9.59 Å². The number of carbonyl (C=O) groups excluding carboxylic acids is 2. The lowest BCUT2D eigenvalue weighted by Gasteiger charge is -2.26. The van der Waals surface area contributed by atoms with Crippen molar-refractivity contribution in [3.8, 4) is 34.5 Å². The number of rotatable bonds is 8. The van der Waals surface area contributed by atoms with Crippen molar-refractivity contribution in [1.29, 1.82) is 0 Å². The lowest BCUT2D eigenvalue weighted by molar-refractivity contribution is -0.135. The van der Waals surface area contributed by atoms with Gasteiger partial charge in [-0.25, -0.2) is 0 Å². The summed E-state index contributed by atoms with van der Waals surface area (Å²) in [6.45, 7) is 0.349. The van der Waals surface area contributed by atoms with Crippen LogP contribution in [0.5, 0.6) is 34.5 Å². The average molecular weight is 566 g/mol. The van der Waals surface area contributed by atoms with Crippen LogP contribution in [0, 0.1) is 0 Å². The topological polar surface area (TPSA) is 102 Å². The number of Topliss-reactive ketones (excluding diaryl/α,β-unsaturated/α-hetero) is 1. The number of methoxy groups -OCH3 is 3. The molecular weight excluding hydrogens is 538 g/mol. The molecule has 9 heteroatoms. The minimum atomic E-state index is -0.416. The number of aromatic nitrogens is 1. The molecule has 0 unspecified atom stereocenters. The fourth-order valence-corrected chi connectivity index (χ4v) is 5.17. The van der Waals surface area contributed by atoms with Crippen molar-refractivity contribution in [3.05, 3.63) is 107 Å². The van der Waals surface area contributed by atoms with Gasteiger partial charge in [-0.3, -0.25) is 14.6 Å². The summed E-state index contributed by atoms with van der Waals surface area (Å²) < 4.78 is 34.2. The number of pyridine rings is 1. The quantitative estimate of drug-likeness (QED) is 0.150. The summed E-state index contributed by atoms with van der Waals surface area (Å²) >= 11 is 0. The Hall–Kier alpha value is -5.31. The van der Waals surface area contributed by atoms with Gasteiger partial charge < -0.3 is 28.4 Å². The van der Waals surface area contributed by atoms with Crippen LogP contribution in [-0.2, 0) is 11.4 Å². The van der Waals surface area contributed by atoms with Crippen LogP contribution in [-0.4, -0.2) is 38.1 Å². The van der Waals surface area contributed by atoms with Gasteiger partial charge in [-0.2, -0.15) is 0 Å². The minimum Gasteiger partial charge on any atom is -0.496 e. The van der Waals surface area contributed by atoms with Crippen molar-refractivity contribution in [3.63, 3.8) is 0 Å². The molecule has 3 aromatic carbocycles. The zero-order valence-electron chi connectivity index (χ0n) is 23.2. The highest BCUT2D eigenvalue weighted by Crippen LogP contribution is 2.49. The summed E-state index contributed by atoms with van der Waals surface area (Å²) in [5.41, 5.74) is 3.35. The summed E-state index contributed by atoms with van der Waals surface area (Å²) in [4.78, 5) is 30.3. The van der Waals surface area contributed by atoms with Crippen molar-refractivity contribution in [2.45, 2.75) is 18.9 Å². The first-order valence-electron chi connectivity index (χ1n) is 13.2. The molecule has 0 saturated heterocycles. The molecule has 3 heterocycles. The molecule has 9 nitrogen and oxygen atoms in total. The zero-order valence-corrected chi connectivity index (χ0v) is 23.2. The molecule has 2 aliphatic rings. The number of esters is 1. The van der Waals surface area contributed by atoms with Gasteiger partial charge in [0.15, 0.2) is 17.3 Å². The second kappa shape index (κ2) is 11.3. The third-order valence-electron chi connectivity index (χ3n) is 7.19. The lowest BCUT2D eigenvalue weighted by Crippen LogP contribution is -2.21. The zero-order chi connectivity index (χ0) is 29.2. The van der Waals surface area contributed by atoms with Crippen LogP contribution in [0.1, 0.15) is 45.0 Å². The Morgan fingerprint density at radius 3 is 2.48 bits per heavy atom. The fraction of sp³-hybridized carbons (Fsp3) is 0.182. The average Bonchev–Trinajstić information content (AvgIpc) is 3.34. The number of hydrogen-bond acceptors (Lipinski definition) is 9. The second-order valence-electron chi connectivity index (χ2n) is 9.70. The summed E-state index contributed by atoms with van der Waals surface area (Å²) in [5, 5.41) is 0. The van der Waals surface area contributed by atoms with Gasteiger partial charge in [0.2, 0.25) is 5.78 Å². The molecule has 0 N–H and O–H groups in total. The third-order valence-corrected chi connectivity index (χ3v) is 7.19. The predicted octanol–water partition coefficient (Wildman–Crippen LogP) is 5.74. The maximum atomic E-state index is 13.5. The van der Waals surface area contributed by atoms with E-state index >= 15 is 0 Å². The van der Waals surface area contributed by atoms with Gasteiger partial charge in [0.1, 0.15) is 29.6 Å². The number of hydrogen-bond donors (Lipinski definition) is 0. The molecular formula is C33H27NO8. The lowest BCUT2D eigenvalue weighted by atomic mass is 9.84. The van der Waals surface area contributed by atoms with Crippen molar-refractivity contribution in [2.24, 2.45) is 0 Å². The molecule has 0 amide bonds. The number of carbonyl (C=O) groups is 2. The van der Waals surface area contributed by atoms with Crippen LogP contribution in [0.4, 0.5) is 0 Å². The van der Waals surface area contributed by atoms with E-state index in [1.54, 1.807) is 42.7 Å². The Labute approximate surface area is 242 Å². The highest BCUT2D eigenvalue weighted by atomic mass is 16.5. The van der Waals surface area contributed by atoms with Crippen molar-refractivity contribution in [1.82, 2.24) is 4.98 Å². The van der Waals surface area contributed by atoms with Crippen molar-refractivity contribution in [2.75, 3.05) is 21.3 Å². The van der Waals surface area contributed by atoms with E-state index in [1.807, 2.05) is 36.4 Å². The Balaban J connectivity index is 1.36. The van der Waals surface area contributed by atoms with Crippen molar-refractivity contribution >= 4 is 17.8 Å². The first-order chi connectivity index (χ1) is 20.5. The Morgan fingerprint density at radius 1 is 0.905 bits per heavy atom. The van der Waals surface area contributed by atoms with Crippen molar-refractivity contribution < 1.29 is 38.0 Å². The number of ether oxygens (including phenoxy) is 6. The second-order valence-corrected chi connectivity index (χ2v) is 9.70. The van der Waals surface area contributed by atoms with Gasteiger partial charge in [-0.1, -0.05) is 18.2 Å². The van der Waals surface area contributed by atoms with E-state index in [-0.39, 0.29) is 23.9 Å². The van der Waals surface area contributed by atoms with Crippen LogP contribution in [0.25, 0.3) is 6.08 Å². The monoisotopic (exact) mass is 565 g/mol. The number of ketones is 1. The van der Waals surface area contributed by atoms with E-state index in [0.29, 0.717) is 57.8 Å². The molecule has 4 aromatic rings. The normalized spacial score (nSPS) is 16.3. The standard InChI is InChI=1S/C33H27NO8/c1-37-26-16-28(39-3)27(38-2)13-21(26)14-29-32(36)23-9-10-25-31(33(23)42-29)24(15-30(35)41-25)20-7-4-8-22(12-20)40-18-19-6-5-11-34-17-19/h4-14,16-17,24H,15,18H2,1-3H3/b29-14-/t24-/m0/s1. The summed E-state index contributed by atoms with van der Waals surface area (Å²) in [7, 11) is 4.59. The predicted molar refractivity (Wildman–Crippen MR) is 153 cm³/mol. The first-order valence-corrected chi connectivity index (χ1v) is 13.2. The van der Waals surface area contributed by atoms with E-state index in [1.165, 1.54) is 21.3 Å². The number of benzene rings is 3. The first kappa shape index (κ1) is 26.9. The van der Waals surface area contributed by atoms with Gasteiger partial charge >= 0.3 is 5.97 Å². The largest absolute Gasteiger partial charge is 0.496 e. The van der Waals surface area contributed by atoms with Gasteiger partial charge in [0.25, 0.3) is 0 Å². The molecule has 0 spiro atoms. The Kier molecular flexibility index (Phi) is 7.23. The smallest absolute Gasteiger partial charge is 0.312 e. The molecule has 212 valence electrons. The van der Waals surface area contributed by atoms with Gasteiger partial charge in [-0.15, -0.1) is 0 Å². The van der Waals surface area contributed by atoms with E-state index < -0.39 is 5.92 Å². The van der Waals surface area contributed by atoms with Gasteiger partial charge in [-0.05, 0) is 48.0 Å². The van der Waals surface area contributed by atoms with Gasteiger partial charge in [0, 0.05) is 41.1 Å². The summed E-state index contributed by atoms with van der Waals surface area (Å²) in [6.07, 6.45) is 5.14. The number of nitrogens with zero attached hydrogens (tertiary/aromatic N) is 1. The fourth-order valence-electron chi connectivity index (χ4n) is 5.17. The van der Waals surface area contributed by atoms with E-state index in [2.05, 4.69) is 4.98 Å². The molecule has 0 bridgehead atoms. The molecule has 0 saturated carbocycles. The molecule has 0 fully saturated rings. The minimum absolute atomic E-state index is 0.0790. The third kappa shape index (κ3) is 5.01. The van der Waals surface area contributed by atoms with Crippen LogP contribution < -0.4 is 28.4 Å². The number of fused-ring (bicyclic) bond motifs is 3. The summed E-state index contributed by atoms with van der Waals surface area (Å²) in [6, 6.07) is 18.0. The van der Waals surface area contributed by atoms with Crippen LogP contribution >= 0.6 is 0 Å². The SMILES string of the molecule is COc1cc(OC)c(OC)cc1/C=C1\Oc2c(ccc3c2[C@H](c2cccc(OCc4cccnc4)c2)CC(=O)O3)C1=O. The Bertz CT molecular complexity index is 1710. The maximum Gasteiger partial charge on any atom is 0.312 e. The summed E-state index contributed by atoms with van der Waals surface area (Å²) in [5.74, 6) is 1.82. The molecule has 2 aliphatic heterocycles. The molecule has 1 atom stereocenters. The Morgan fingerprint density at radius 2 is 1.71 bits per heavy atom. The molecule has 0 radical (unpaired) electrons. The van der Waals surface area contributed by atoms with E-state index in [4.69, 9.17) is 28.4 Å². The van der Waals surface area contributed by atoms with Gasteiger partial charge in [0.05, 0.1) is 33.3 Å². The van der Waals surface area contributed by atoms with Crippen LogP contribution in [0.3, 0.4) is 0 Å². The van der Waals surface area contributed by atoms with Crippen LogP contribution in [0.2, 0.25) is 0 Å². The highest BCUT2D eigenvalue weighted by Gasteiger charge is 2.38. The molecule has 42 heavy (non-hydrogen) atoms.